The lowest BCUT2D eigenvalue weighted by Gasteiger charge is -2.32. The summed E-state index contributed by atoms with van der Waals surface area (Å²) in [5, 5.41) is 4.01. The summed E-state index contributed by atoms with van der Waals surface area (Å²) in [5.41, 5.74) is 6.92. The molecule has 1 aliphatic rings. The number of aromatic nitrogens is 2. The van der Waals surface area contributed by atoms with Crippen molar-refractivity contribution in [3.63, 3.8) is 0 Å². The molecular formula is C26H35N5O6Si. The molecule has 12 heteroatoms. The molecule has 1 aromatic carbocycles. The van der Waals surface area contributed by atoms with E-state index >= 15 is 0 Å². The predicted octanol–water partition coefficient (Wildman–Crippen LogP) is 3.15. The van der Waals surface area contributed by atoms with E-state index < -0.39 is 14.0 Å². The van der Waals surface area contributed by atoms with Crippen LogP contribution in [0.1, 0.15) is 16.1 Å². The number of anilines is 2. The van der Waals surface area contributed by atoms with Crippen molar-refractivity contribution in [3.05, 3.63) is 41.7 Å². The van der Waals surface area contributed by atoms with Gasteiger partial charge in [-0.1, -0.05) is 37.0 Å². The smallest absolute Gasteiger partial charge is 0.291 e. The Kier molecular flexibility index (Phi) is 8.24. The molecule has 204 valence electrons. The number of morpholine rings is 1. The highest BCUT2D eigenvalue weighted by Crippen LogP contribution is 2.35. The topological polar surface area (TPSA) is 134 Å². The van der Waals surface area contributed by atoms with Crippen LogP contribution in [0.15, 0.2) is 34.7 Å². The fourth-order valence-electron chi connectivity index (χ4n) is 3.95. The van der Waals surface area contributed by atoms with E-state index in [1.54, 1.807) is 6.07 Å². The summed E-state index contributed by atoms with van der Waals surface area (Å²) in [5.74, 6) is 1.11. The Balaban J connectivity index is 1.53. The minimum absolute atomic E-state index is 0.0474. The minimum atomic E-state index is -1.52. The second-order valence-corrected chi connectivity index (χ2v) is 15.1. The molecule has 1 aliphatic heterocycles. The third-order valence-electron chi connectivity index (χ3n) is 6.21. The highest BCUT2D eigenvalue weighted by atomic mass is 28.3. The van der Waals surface area contributed by atoms with E-state index in [-0.39, 0.29) is 35.3 Å². The van der Waals surface area contributed by atoms with Crippen molar-refractivity contribution < 1.29 is 28.2 Å². The van der Waals surface area contributed by atoms with Crippen LogP contribution >= 0.6 is 0 Å². The molecule has 0 bridgehead atoms. The molecule has 3 heterocycles. The number of hydrogen-bond donors (Lipinski definition) is 2. The number of nitrogens with zero attached hydrogens (tertiary/aromatic N) is 3. The Morgan fingerprint density at radius 1 is 1.16 bits per heavy atom. The molecule has 1 atom stereocenters. The lowest BCUT2D eigenvalue weighted by Crippen LogP contribution is -2.46. The molecule has 1 amide bonds. The Bertz CT molecular complexity index is 1270. The molecular weight excluding hydrogens is 506 g/mol. The van der Waals surface area contributed by atoms with Gasteiger partial charge >= 0.3 is 0 Å². The zero-order valence-corrected chi connectivity index (χ0v) is 23.7. The Labute approximate surface area is 223 Å². The largest absolute Gasteiger partial charge is 0.479 e. The number of nitrogens with one attached hydrogen (secondary N) is 1. The fraction of sp³-hybridized carbons (Fsp3) is 0.423. The molecule has 1 unspecified atom stereocenters. The number of hydrogen-bond acceptors (Lipinski definition) is 10. The maximum atomic E-state index is 13.1. The maximum Gasteiger partial charge on any atom is 0.291 e. The number of furan rings is 1. The van der Waals surface area contributed by atoms with Gasteiger partial charge in [-0.15, -0.1) is 0 Å². The van der Waals surface area contributed by atoms with Gasteiger partial charge in [0.05, 0.1) is 35.0 Å². The van der Waals surface area contributed by atoms with Crippen molar-refractivity contribution in [2.24, 2.45) is 5.73 Å². The van der Waals surface area contributed by atoms with Gasteiger partial charge in [-0.2, -0.15) is 9.97 Å². The van der Waals surface area contributed by atoms with Crippen LogP contribution in [-0.4, -0.2) is 70.5 Å². The monoisotopic (exact) mass is 541 g/mol. The summed E-state index contributed by atoms with van der Waals surface area (Å²) >= 11 is 0. The molecule has 3 N–H and O–H groups in total. The number of ether oxygens (including phenoxy) is 4. The van der Waals surface area contributed by atoms with Crippen LogP contribution in [0.4, 0.5) is 11.6 Å². The van der Waals surface area contributed by atoms with Crippen LogP contribution in [0.5, 0.6) is 23.5 Å². The Morgan fingerprint density at radius 3 is 2.50 bits per heavy atom. The van der Waals surface area contributed by atoms with Crippen LogP contribution < -0.4 is 35.3 Å². The summed E-state index contributed by atoms with van der Waals surface area (Å²) in [6.07, 6.45) is -0.124. The normalized spacial score (nSPS) is 15.8. The standard InChI is InChI=1S/C26H35N5O6Si/c1-16-7-8-18(38(4,5)6)13-20(16)37-21-10-9-19(36-21)23(32)28-22-24(33-2)29-26(30-25(22)34-3)31-11-12-35-17(14-27)15-31/h7-10,13,17H,11-12,14-15,27H2,1-6H3,(H,28,32). The van der Waals surface area contributed by atoms with Gasteiger partial charge in [-0.25, -0.2) is 0 Å². The quantitative estimate of drug-likeness (QED) is 0.389. The van der Waals surface area contributed by atoms with Crippen molar-refractivity contribution in [2.75, 3.05) is 50.7 Å². The zero-order chi connectivity index (χ0) is 27.4. The molecule has 1 fully saturated rings. The van der Waals surface area contributed by atoms with Crippen LogP contribution in [0.2, 0.25) is 19.6 Å². The van der Waals surface area contributed by atoms with Gasteiger partial charge < -0.3 is 39.3 Å². The van der Waals surface area contributed by atoms with E-state index in [1.807, 2.05) is 24.0 Å². The second-order valence-electron chi connectivity index (χ2n) is 10.00. The zero-order valence-electron chi connectivity index (χ0n) is 22.7. The Morgan fingerprint density at radius 2 is 1.87 bits per heavy atom. The van der Waals surface area contributed by atoms with Gasteiger partial charge in [0.1, 0.15) is 5.75 Å². The lowest BCUT2D eigenvalue weighted by molar-refractivity contribution is 0.0459. The summed E-state index contributed by atoms with van der Waals surface area (Å²) in [4.78, 5) is 24.0. The van der Waals surface area contributed by atoms with Crippen LogP contribution in [-0.2, 0) is 4.74 Å². The summed E-state index contributed by atoms with van der Waals surface area (Å²) in [6, 6.07) is 9.36. The van der Waals surface area contributed by atoms with Gasteiger partial charge in [0.15, 0.2) is 11.4 Å². The van der Waals surface area contributed by atoms with Crippen LogP contribution in [0.25, 0.3) is 0 Å². The number of benzene rings is 1. The first-order valence-corrected chi connectivity index (χ1v) is 15.9. The number of aryl methyl sites for hydroxylation is 1. The fourth-order valence-corrected chi connectivity index (χ4v) is 5.10. The third kappa shape index (κ3) is 6.09. The molecule has 38 heavy (non-hydrogen) atoms. The average molecular weight is 542 g/mol. The first kappa shape index (κ1) is 27.4. The first-order chi connectivity index (χ1) is 18.1. The molecule has 4 rings (SSSR count). The number of carbonyl (C=O) groups is 1. The predicted molar refractivity (Wildman–Crippen MR) is 147 cm³/mol. The van der Waals surface area contributed by atoms with Gasteiger partial charge in [-0.05, 0) is 24.6 Å². The highest BCUT2D eigenvalue weighted by Gasteiger charge is 2.26. The van der Waals surface area contributed by atoms with Crippen LogP contribution in [0, 0.1) is 6.92 Å². The average Bonchev–Trinajstić information content (AvgIpc) is 3.38. The van der Waals surface area contributed by atoms with Gasteiger partial charge in [0, 0.05) is 25.7 Å². The van der Waals surface area contributed by atoms with Gasteiger partial charge in [0.25, 0.3) is 11.9 Å². The number of nitrogens with two attached hydrogens (primary N) is 1. The van der Waals surface area contributed by atoms with E-state index in [1.165, 1.54) is 25.5 Å². The van der Waals surface area contributed by atoms with Crippen molar-refractivity contribution in [1.29, 1.82) is 0 Å². The Hall–Kier alpha value is -3.61. The van der Waals surface area contributed by atoms with E-state index in [4.69, 9.17) is 29.1 Å². The number of rotatable bonds is 9. The van der Waals surface area contributed by atoms with Gasteiger partial charge in [0.2, 0.25) is 17.7 Å². The van der Waals surface area contributed by atoms with Crippen molar-refractivity contribution in [1.82, 2.24) is 9.97 Å². The summed E-state index contributed by atoms with van der Waals surface area (Å²) in [6.45, 7) is 10.8. The van der Waals surface area contributed by atoms with E-state index in [9.17, 15) is 4.79 Å². The molecule has 1 saturated heterocycles. The molecule has 2 aromatic heterocycles. The van der Waals surface area contributed by atoms with E-state index in [2.05, 4.69) is 41.0 Å². The molecule has 0 spiro atoms. The van der Waals surface area contributed by atoms with E-state index in [0.717, 1.165) is 5.56 Å². The number of carbonyl (C=O) groups excluding carboxylic acids is 1. The summed E-state index contributed by atoms with van der Waals surface area (Å²) in [7, 11) is 1.39. The van der Waals surface area contributed by atoms with Gasteiger partial charge in [-0.3, -0.25) is 4.79 Å². The van der Waals surface area contributed by atoms with Crippen molar-refractivity contribution >= 4 is 30.8 Å². The van der Waals surface area contributed by atoms with E-state index in [0.29, 0.717) is 37.9 Å². The highest BCUT2D eigenvalue weighted by molar-refractivity contribution is 6.88. The molecule has 0 aliphatic carbocycles. The SMILES string of the molecule is COc1nc(N2CCOC(CN)C2)nc(OC)c1NC(=O)c1ccc(Oc2cc([Si](C)(C)C)ccc2C)o1. The molecule has 0 saturated carbocycles. The van der Waals surface area contributed by atoms with Crippen LogP contribution in [0.3, 0.4) is 0 Å². The van der Waals surface area contributed by atoms with Crippen molar-refractivity contribution in [2.45, 2.75) is 32.7 Å². The molecule has 3 aromatic rings. The van der Waals surface area contributed by atoms with Crippen molar-refractivity contribution in [3.8, 4) is 23.5 Å². The molecule has 0 radical (unpaired) electrons. The number of amides is 1. The molecule has 11 nitrogen and oxygen atoms in total. The minimum Gasteiger partial charge on any atom is -0.479 e. The number of methoxy groups -OCH3 is 2. The summed E-state index contributed by atoms with van der Waals surface area (Å²) < 4.78 is 28.3. The second kappa shape index (κ2) is 11.4. The first-order valence-electron chi connectivity index (χ1n) is 12.4. The lowest BCUT2D eigenvalue weighted by atomic mass is 10.2. The maximum absolute atomic E-state index is 13.1. The third-order valence-corrected chi connectivity index (χ3v) is 8.25.